The molecule has 1 fully saturated rings. The van der Waals surface area contributed by atoms with Crippen molar-refractivity contribution in [2.45, 2.75) is 31.7 Å². The van der Waals surface area contributed by atoms with Crippen molar-refractivity contribution >= 4 is 17.5 Å². The molecule has 108 valence electrons. The number of amides is 2. The number of hydrogen-bond acceptors (Lipinski definition) is 2. The first-order valence-electron chi connectivity index (χ1n) is 6.49. The van der Waals surface area contributed by atoms with Gasteiger partial charge in [-0.25, -0.2) is 8.78 Å². The molecule has 1 unspecified atom stereocenters. The summed E-state index contributed by atoms with van der Waals surface area (Å²) < 4.78 is 27.2. The molecule has 1 atom stereocenters. The summed E-state index contributed by atoms with van der Waals surface area (Å²) >= 11 is 0. The Morgan fingerprint density at radius 3 is 2.65 bits per heavy atom. The van der Waals surface area contributed by atoms with Crippen LogP contribution >= 0.6 is 0 Å². The standard InChI is InChI=1S/C14H16F2N2O2/c1-18(14-10(15)5-3-6-11(14)16)13(20)8-9-4-2-7-12(19)17-9/h3,5-6,9H,2,4,7-8H2,1H3,(H,17,19). The largest absolute Gasteiger partial charge is 0.353 e. The zero-order valence-electron chi connectivity index (χ0n) is 11.2. The minimum absolute atomic E-state index is 0.0377. The molecule has 4 nitrogen and oxygen atoms in total. The van der Waals surface area contributed by atoms with Gasteiger partial charge in [-0.05, 0) is 25.0 Å². The maximum atomic E-state index is 13.6. The second kappa shape index (κ2) is 5.98. The third kappa shape index (κ3) is 3.12. The fourth-order valence-corrected chi connectivity index (χ4v) is 2.32. The van der Waals surface area contributed by atoms with Crippen LogP contribution in [0.15, 0.2) is 18.2 Å². The molecule has 2 rings (SSSR count). The van der Waals surface area contributed by atoms with Crippen LogP contribution < -0.4 is 10.2 Å². The molecule has 0 bridgehead atoms. The monoisotopic (exact) mass is 282 g/mol. The predicted octanol–water partition coefficient (Wildman–Crippen LogP) is 1.99. The second-order valence-electron chi connectivity index (χ2n) is 4.88. The van der Waals surface area contributed by atoms with Crippen LogP contribution in [0.2, 0.25) is 0 Å². The lowest BCUT2D eigenvalue weighted by Gasteiger charge is -2.25. The Morgan fingerprint density at radius 2 is 2.05 bits per heavy atom. The molecule has 0 saturated carbocycles. The van der Waals surface area contributed by atoms with E-state index >= 15 is 0 Å². The van der Waals surface area contributed by atoms with E-state index in [1.165, 1.54) is 13.1 Å². The van der Waals surface area contributed by atoms with Gasteiger partial charge in [0, 0.05) is 25.9 Å². The highest BCUT2D eigenvalue weighted by atomic mass is 19.1. The number of nitrogens with one attached hydrogen (secondary N) is 1. The van der Waals surface area contributed by atoms with E-state index in [0.29, 0.717) is 12.8 Å². The number of rotatable bonds is 3. The van der Waals surface area contributed by atoms with Crippen molar-refractivity contribution in [1.29, 1.82) is 0 Å². The number of carbonyl (C=O) groups excluding carboxylic acids is 2. The van der Waals surface area contributed by atoms with E-state index in [0.717, 1.165) is 23.5 Å². The highest BCUT2D eigenvalue weighted by molar-refractivity contribution is 5.93. The summed E-state index contributed by atoms with van der Waals surface area (Å²) in [5.74, 6) is -2.09. The molecule has 1 heterocycles. The van der Waals surface area contributed by atoms with Crippen molar-refractivity contribution in [2.24, 2.45) is 0 Å². The van der Waals surface area contributed by atoms with E-state index < -0.39 is 17.5 Å². The summed E-state index contributed by atoms with van der Waals surface area (Å²) in [5, 5.41) is 2.71. The van der Waals surface area contributed by atoms with Crippen molar-refractivity contribution in [3.05, 3.63) is 29.8 Å². The minimum Gasteiger partial charge on any atom is -0.353 e. The first-order chi connectivity index (χ1) is 9.49. The Kier molecular flexibility index (Phi) is 4.32. The van der Waals surface area contributed by atoms with Crippen molar-refractivity contribution < 1.29 is 18.4 Å². The number of carbonyl (C=O) groups is 2. The number of anilines is 1. The van der Waals surface area contributed by atoms with E-state index in [4.69, 9.17) is 0 Å². The fourth-order valence-electron chi connectivity index (χ4n) is 2.32. The smallest absolute Gasteiger partial charge is 0.228 e. The van der Waals surface area contributed by atoms with Crippen LogP contribution in [0.3, 0.4) is 0 Å². The number of nitrogens with zero attached hydrogens (tertiary/aromatic N) is 1. The van der Waals surface area contributed by atoms with Gasteiger partial charge in [0.2, 0.25) is 11.8 Å². The van der Waals surface area contributed by atoms with Crippen molar-refractivity contribution in [1.82, 2.24) is 5.32 Å². The van der Waals surface area contributed by atoms with Crippen molar-refractivity contribution in [2.75, 3.05) is 11.9 Å². The third-order valence-electron chi connectivity index (χ3n) is 3.39. The second-order valence-corrected chi connectivity index (χ2v) is 4.88. The van der Waals surface area contributed by atoms with E-state index in [2.05, 4.69) is 5.32 Å². The zero-order valence-corrected chi connectivity index (χ0v) is 11.2. The van der Waals surface area contributed by atoms with Gasteiger partial charge in [-0.2, -0.15) is 0 Å². The van der Waals surface area contributed by atoms with E-state index in [1.807, 2.05) is 0 Å². The molecule has 2 amide bonds. The number of piperidine rings is 1. The SMILES string of the molecule is CN(C(=O)CC1CCCC(=O)N1)c1c(F)cccc1F. The Balaban J connectivity index is 2.07. The predicted molar refractivity (Wildman–Crippen MR) is 70.2 cm³/mol. The zero-order chi connectivity index (χ0) is 14.7. The molecular formula is C14H16F2N2O2. The summed E-state index contributed by atoms with van der Waals surface area (Å²) in [5.41, 5.74) is -0.361. The highest BCUT2D eigenvalue weighted by Gasteiger charge is 2.25. The Morgan fingerprint density at radius 1 is 1.40 bits per heavy atom. The lowest BCUT2D eigenvalue weighted by molar-refractivity contribution is -0.124. The van der Waals surface area contributed by atoms with Crippen molar-refractivity contribution in [3.63, 3.8) is 0 Å². The van der Waals surface area contributed by atoms with E-state index in [9.17, 15) is 18.4 Å². The number of para-hydroxylation sites is 1. The molecule has 1 aromatic rings. The molecule has 1 aliphatic rings. The Hall–Kier alpha value is -1.98. The number of benzene rings is 1. The maximum absolute atomic E-state index is 13.6. The average molecular weight is 282 g/mol. The number of halogens is 2. The third-order valence-corrected chi connectivity index (χ3v) is 3.39. The van der Waals surface area contributed by atoms with Gasteiger partial charge in [-0.15, -0.1) is 0 Å². The minimum atomic E-state index is -0.784. The van der Waals surface area contributed by atoms with E-state index in [1.54, 1.807) is 0 Å². The van der Waals surface area contributed by atoms with Crippen LogP contribution in [0.1, 0.15) is 25.7 Å². The van der Waals surface area contributed by atoms with Crippen LogP contribution in [0.25, 0.3) is 0 Å². The highest BCUT2D eigenvalue weighted by Crippen LogP contribution is 2.23. The molecule has 0 aromatic heterocycles. The molecule has 6 heteroatoms. The Bertz CT molecular complexity index is 514. The van der Waals surface area contributed by atoms with E-state index in [-0.39, 0.29) is 24.1 Å². The molecule has 1 aliphatic heterocycles. The molecule has 20 heavy (non-hydrogen) atoms. The van der Waals surface area contributed by atoms with Gasteiger partial charge in [0.25, 0.3) is 0 Å². The maximum Gasteiger partial charge on any atom is 0.228 e. The van der Waals surface area contributed by atoms with Crippen molar-refractivity contribution in [3.8, 4) is 0 Å². The van der Waals surface area contributed by atoms with Gasteiger partial charge in [-0.3, -0.25) is 9.59 Å². The van der Waals surface area contributed by atoms with Crippen LogP contribution in [0.5, 0.6) is 0 Å². The molecule has 1 N–H and O–H groups in total. The summed E-state index contributed by atoms with van der Waals surface area (Å²) in [7, 11) is 1.33. The fraction of sp³-hybridized carbons (Fsp3) is 0.429. The van der Waals surface area contributed by atoms with Gasteiger partial charge in [0.1, 0.15) is 17.3 Å². The van der Waals surface area contributed by atoms with Gasteiger partial charge in [0.05, 0.1) is 0 Å². The average Bonchev–Trinajstić information content (AvgIpc) is 2.38. The van der Waals surface area contributed by atoms with Crippen LogP contribution in [-0.4, -0.2) is 24.9 Å². The lowest BCUT2D eigenvalue weighted by atomic mass is 10.0. The summed E-state index contributed by atoms with van der Waals surface area (Å²) in [6.45, 7) is 0. The van der Waals surface area contributed by atoms with Gasteiger partial charge in [-0.1, -0.05) is 6.07 Å². The number of hydrogen-bond donors (Lipinski definition) is 1. The van der Waals surface area contributed by atoms with Gasteiger partial charge < -0.3 is 10.2 Å². The normalized spacial score (nSPS) is 18.6. The molecule has 0 spiro atoms. The molecular weight excluding hydrogens is 266 g/mol. The summed E-state index contributed by atoms with van der Waals surface area (Å²) in [6, 6.07) is 3.18. The van der Waals surface area contributed by atoms with Gasteiger partial charge >= 0.3 is 0 Å². The lowest BCUT2D eigenvalue weighted by Crippen LogP contribution is -2.42. The molecule has 0 aliphatic carbocycles. The first kappa shape index (κ1) is 14.4. The van der Waals surface area contributed by atoms with Crippen LogP contribution in [0, 0.1) is 11.6 Å². The Labute approximate surface area is 115 Å². The van der Waals surface area contributed by atoms with Crippen LogP contribution in [0.4, 0.5) is 14.5 Å². The summed E-state index contributed by atoms with van der Waals surface area (Å²) in [4.78, 5) is 24.3. The van der Waals surface area contributed by atoms with Gasteiger partial charge in [0.15, 0.2) is 0 Å². The molecule has 0 radical (unpaired) electrons. The quantitative estimate of drug-likeness (QED) is 0.921. The first-order valence-corrected chi connectivity index (χ1v) is 6.49. The molecule has 1 aromatic carbocycles. The topological polar surface area (TPSA) is 49.4 Å². The van der Waals surface area contributed by atoms with Crippen LogP contribution in [-0.2, 0) is 9.59 Å². The summed E-state index contributed by atoms with van der Waals surface area (Å²) in [6.07, 6.45) is 1.92. The molecule has 1 saturated heterocycles.